The van der Waals surface area contributed by atoms with Gasteiger partial charge in [0.25, 0.3) is 0 Å². The molecule has 3 aromatic heterocycles. The Bertz CT molecular complexity index is 3900. The maximum Gasteiger partial charge on any atom is 0.165 e. The smallest absolute Gasteiger partial charge is 0.165 e. The van der Waals surface area contributed by atoms with Crippen LogP contribution in [0.15, 0.2) is 200 Å². The van der Waals surface area contributed by atoms with E-state index in [1.165, 1.54) is 89.4 Å². The summed E-state index contributed by atoms with van der Waals surface area (Å²) in [5, 5.41) is 12.7. The first-order valence-electron chi connectivity index (χ1n) is 20.8. The average molecular weight is 824 g/mol. The highest BCUT2D eigenvalue weighted by atomic mass is 32.1. The first-order valence-corrected chi connectivity index (χ1v) is 22.5. The van der Waals surface area contributed by atoms with Gasteiger partial charge in [-0.1, -0.05) is 158 Å². The second kappa shape index (κ2) is 14.0. The third kappa shape index (κ3) is 5.60. The Balaban J connectivity index is 0.957. The van der Waals surface area contributed by atoms with E-state index < -0.39 is 0 Å². The van der Waals surface area contributed by atoms with Crippen LogP contribution in [0.1, 0.15) is 0 Å². The second-order valence-electron chi connectivity index (χ2n) is 15.9. The topological polar surface area (TPSA) is 38.7 Å². The monoisotopic (exact) mass is 823 g/mol. The van der Waals surface area contributed by atoms with Crippen molar-refractivity contribution in [2.24, 2.45) is 0 Å². The van der Waals surface area contributed by atoms with Crippen molar-refractivity contribution in [3.8, 4) is 56.4 Å². The number of aromatic nitrogens is 3. The lowest BCUT2D eigenvalue weighted by Crippen LogP contribution is -2.00. The highest BCUT2D eigenvalue weighted by Gasteiger charge is 2.19. The summed E-state index contributed by atoms with van der Waals surface area (Å²) in [4.78, 5) is 15.5. The molecule has 3 heterocycles. The largest absolute Gasteiger partial charge is 0.208 e. The van der Waals surface area contributed by atoms with Crippen LogP contribution in [0.25, 0.3) is 129 Å². The molecule has 0 bridgehead atoms. The van der Waals surface area contributed by atoms with Crippen LogP contribution in [0, 0.1) is 0 Å². The van der Waals surface area contributed by atoms with Crippen molar-refractivity contribution in [1.29, 1.82) is 0 Å². The predicted molar refractivity (Wildman–Crippen MR) is 265 cm³/mol. The summed E-state index contributed by atoms with van der Waals surface area (Å²) in [7, 11) is 0. The second-order valence-corrected chi connectivity index (χ2v) is 18.0. The summed E-state index contributed by atoms with van der Waals surface area (Å²) in [6, 6.07) is 72.2. The number of nitrogens with zero attached hydrogens (tertiary/aromatic N) is 3. The molecule has 3 nitrogen and oxygen atoms in total. The quantitative estimate of drug-likeness (QED) is 0.162. The lowest BCUT2D eigenvalue weighted by molar-refractivity contribution is 1.08. The van der Waals surface area contributed by atoms with Gasteiger partial charge in [0.15, 0.2) is 17.5 Å². The highest BCUT2D eigenvalue weighted by molar-refractivity contribution is 7.26. The summed E-state index contributed by atoms with van der Waals surface area (Å²) in [5.74, 6) is 1.97. The van der Waals surface area contributed by atoms with Crippen molar-refractivity contribution in [3.05, 3.63) is 200 Å². The standard InChI is InChI=1S/C57H33N3S2/c1-2-13-34(14-3-1)55-58-56(60-57(59-55)47-24-11-23-46-45-21-8-9-25-50(45)62-54(46)47)38-16-10-15-37(31-38)39-22-12-26-52-53(39)49-33-36(28-30-51(49)61-52)35-27-29-44-42-19-5-4-17-40(42)41-18-6-7-20-43(41)48(44)32-35/h1-33H. The van der Waals surface area contributed by atoms with Crippen LogP contribution in [-0.4, -0.2) is 15.0 Å². The lowest BCUT2D eigenvalue weighted by atomic mass is 9.91. The Morgan fingerprint density at radius 2 is 0.774 bits per heavy atom. The molecular weight excluding hydrogens is 791 g/mol. The molecule has 0 aliphatic heterocycles. The van der Waals surface area contributed by atoms with Crippen LogP contribution in [0.5, 0.6) is 0 Å². The van der Waals surface area contributed by atoms with Crippen molar-refractivity contribution in [2.45, 2.75) is 0 Å². The molecule has 62 heavy (non-hydrogen) atoms. The number of thiophene rings is 2. The normalized spacial score (nSPS) is 11.9. The van der Waals surface area contributed by atoms with E-state index in [1.54, 1.807) is 11.3 Å². The fraction of sp³-hybridized carbons (Fsp3) is 0. The van der Waals surface area contributed by atoms with Crippen molar-refractivity contribution in [1.82, 2.24) is 15.0 Å². The SMILES string of the molecule is c1ccc(-c2nc(-c3cccc(-c4cccc5sc6ccc(-c7ccc8c9ccccc9c9ccccc9c8c7)cc6c45)c3)nc(-c3cccc4c3sc3ccccc34)n2)cc1. The van der Waals surface area contributed by atoms with Gasteiger partial charge in [0.1, 0.15) is 0 Å². The summed E-state index contributed by atoms with van der Waals surface area (Å²) in [6.45, 7) is 0. The molecule has 0 amide bonds. The van der Waals surface area contributed by atoms with Gasteiger partial charge in [0, 0.05) is 57.0 Å². The van der Waals surface area contributed by atoms with E-state index in [2.05, 4.69) is 182 Å². The minimum Gasteiger partial charge on any atom is -0.208 e. The molecule has 5 heteroatoms. The van der Waals surface area contributed by atoms with Crippen molar-refractivity contribution >= 4 is 95.3 Å². The molecule has 0 N–H and O–H groups in total. The summed E-state index contributed by atoms with van der Waals surface area (Å²) >= 11 is 3.64. The van der Waals surface area contributed by atoms with E-state index in [1.807, 2.05) is 29.5 Å². The molecule has 0 spiro atoms. The maximum absolute atomic E-state index is 5.25. The minimum absolute atomic E-state index is 0.648. The molecule has 0 saturated heterocycles. The average Bonchev–Trinajstić information content (AvgIpc) is 3.92. The highest BCUT2D eigenvalue weighted by Crippen LogP contribution is 2.44. The Morgan fingerprint density at radius 3 is 1.56 bits per heavy atom. The molecule has 0 unspecified atom stereocenters. The zero-order valence-corrected chi connectivity index (χ0v) is 34.8. The Labute approximate surface area is 364 Å². The molecule has 13 aromatic rings. The van der Waals surface area contributed by atoms with Crippen LogP contribution < -0.4 is 0 Å². The molecule has 0 fully saturated rings. The fourth-order valence-electron chi connectivity index (χ4n) is 9.43. The van der Waals surface area contributed by atoms with E-state index in [9.17, 15) is 0 Å². The molecule has 0 atom stereocenters. The van der Waals surface area contributed by atoms with Gasteiger partial charge < -0.3 is 0 Å². The van der Waals surface area contributed by atoms with E-state index in [4.69, 9.17) is 15.0 Å². The summed E-state index contributed by atoms with van der Waals surface area (Å²) < 4.78 is 4.97. The molecule has 0 saturated carbocycles. The summed E-state index contributed by atoms with van der Waals surface area (Å²) in [5.41, 5.74) is 7.65. The van der Waals surface area contributed by atoms with E-state index in [-0.39, 0.29) is 0 Å². The van der Waals surface area contributed by atoms with Crippen LogP contribution in [0.2, 0.25) is 0 Å². The van der Waals surface area contributed by atoms with Gasteiger partial charge in [-0.25, -0.2) is 15.0 Å². The summed E-state index contributed by atoms with van der Waals surface area (Å²) in [6.07, 6.45) is 0. The molecule has 10 aromatic carbocycles. The zero-order valence-electron chi connectivity index (χ0n) is 33.2. The van der Waals surface area contributed by atoms with Gasteiger partial charge in [-0.2, -0.15) is 0 Å². The molecule has 0 aliphatic rings. The van der Waals surface area contributed by atoms with E-state index in [0.717, 1.165) is 22.3 Å². The number of benzene rings is 10. The van der Waals surface area contributed by atoms with Crippen LogP contribution in [0.3, 0.4) is 0 Å². The lowest BCUT2D eigenvalue weighted by Gasteiger charge is -2.12. The van der Waals surface area contributed by atoms with Crippen LogP contribution >= 0.6 is 22.7 Å². The molecule has 0 aliphatic carbocycles. The van der Waals surface area contributed by atoms with Gasteiger partial charge >= 0.3 is 0 Å². The zero-order chi connectivity index (χ0) is 40.7. The molecule has 13 rings (SSSR count). The van der Waals surface area contributed by atoms with E-state index >= 15 is 0 Å². The molecule has 288 valence electrons. The van der Waals surface area contributed by atoms with Crippen LogP contribution in [-0.2, 0) is 0 Å². The third-order valence-electron chi connectivity index (χ3n) is 12.3. The Morgan fingerprint density at radius 1 is 0.258 bits per heavy atom. The molecule has 0 radical (unpaired) electrons. The van der Waals surface area contributed by atoms with Gasteiger partial charge in [-0.3, -0.25) is 0 Å². The van der Waals surface area contributed by atoms with Gasteiger partial charge in [0.05, 0.1) is 0 Å². The first kappa shape index (κ1) is 35.2. The Kier molecular flexibility index (Phi) is 7.95. The van der Waals surface area contributed by atoms with Crippen molar-refractivity contribution in [2.75, 3.05) is 0 Å². The van der Waals surface area contributed by atoms with Gasteiger partial charge in [0.2, 0.25) is 0 Å². The number of rotatable bonds is 5. The number of hydrogen-bond acceptors (Lipinski definition) is 5. The van der Waals surface area contributed by atoms with Crippen LogP contribution in [0.4, 0.5) is 0 Å². The maximum atomic E-state index is 5.25. The fourth-order valence-corrected chi connectivity index (χ4v) is 11.7. The number of hydrogen-bond donors (Lipinski definition) is 0. The number of fused-ring (bicyclic) bond motifs is 12. The first-order chi connectivity index (χ1) is 30.7. The van der Waals surface area contributed by atoms with Gasteiger partial charge in [-0.15, -0.1) is 22.7 Å². The van der Waals surface area contributed by atoms with Crippen molar-refractivity contribution < 1.29 is 0 Å². The van der Waals surface area contributed by atoms with Crippen molar-refractivity contribution in [3.63, 3.8) is 0 Å². The predicted octanol–water partition coefficient (Wildman–Crippen LogP) is 16.4. The minimum atomic E-state index is 0.648. The molecular formula is C57H33N3S2. The third-order valence-corrected chi connectivity index (χ3v) is 14.7. The van der Waals surface area contributed by atoms with Gasteiger partial charge in [-0.05, 0) is 97.0 Å². The van der Waals surface area contributed by atoms with E-state index in [0.29, 0.717) is 17.5 Å². The Hall–Kier alpha value is -7.57.